The monoisotopic (exact) mass is 1120 g/mol. The number of carbonyl (C=O) groups is 7. The van der Waals surface area contributed by atoms with E-state index in [4.69, 9.17) is 47.4 Å². The van der Waals surface area contributed by atoms with Gasteiger partial charge in [-0.25, -0.2) is 4.79 Å². The van der Waals surface area contributed by atoms with Crippen molar-refractivity contribution in [2.75, 3.05) is 81.3 Å². The predicted octanol–water partition coefficient (Wildman–Crippen LogP) is 10.9. The van der Waals surface area contributed by atoms with E-state index in [1.165, 1.54) is 42.3 Å². The molecule has 0 aliphatic rings. The van der Waals surface area contributed by atoms with Crippen molar-refractivity contribution in [3.63, 3.8) is 0 Å². The highest BCUT2D eigenvalue weighted by atomic mass is 16.6. The minimum Gasteiger partial charge on any atom is -0.498 e. The van der Waals surface area contributed by atoms with Crippen LogP contribution in [-0.2, 0) is 80.9 Å². The first kappa shape index (κ1) is 72.0. The lowest BCUT2D eigenvalue weighted by molar-refractivity contribution is -0.176. The van der Waals surface area contributed by atoms with Crippen LogP contribution >= 0.6 is 0 Å². The first-order valence-electron chi connectivity index (χ1n) is 27.6. The van der Waals surface area contributed by atoms with Gasteiger partial charge in [0.25, 0.3) is 0 Å². The molecule has 0 saturated heterocycles. The van der Waals surface area contributed by atoms with Crippen LogP contribution < -0.4 is 0 Å². The molecule has 1 aromatic carbocycles. The third kappa shape index (κ3) is 25.2. The SMILES string of the molecule is C=C(CC(C)(CC(C)(CC(C)(CC(C)(CC(C)(CC(C)(C)CCC(C)=O)C(=O)OCCOC)C(=O)OCCOC(=O)C(C)OC)C(=O)OCCC(C)(C)C)C(=O)OCCOC)C(=C)OCCCC(=O)C(C)OC)c1ccccc1. The van der Waals surface area contributed by atoms with E-state index in [-0.39, 0.29) is 115 Å². The lowest BCUT2D eigenvalue weighted by Crippen LogP contribution is -2.49. The summed E-state index contributed by atoms with van der Waals surface area (Å²) in [6.45, 7) is 31.3. The summed E-state index contributed by atoms with van der Waals surface area (Å²) in [5.41, 5.74) is -7.07. The van der Waals surface area contributed by atoms with Gasteiger partial charge in [0, 0.05) is 46.7 Å². The number of esters is 5. The van der Waals surface area contributed by atoms with Gasteiger partial charge in [0.05, 0.1) is 53.8 Å². The van der Waals surface area contributed by atoms with Crippen molar-refractivity contribution in [1.82, 2.24) is 0 Å². The zero-order valence-corrected chi connectivity index (χ0v) is 51.3. The summed E-state index contributed by atoms with van der Waals surface area (Å²) in [5, 5.41) is 0. The predicted molar refractivity (Wildman–Crippen MR) is 302 cm³/mol. The molecule has 7 atom stereocenters. The highest BCUT2D eigenvalue weighted by molar-refractivity contribution is 5.85. The number of hydrogen-bond donors (Lipinski definition) is 0. The third-order valence-electron chi connectivity index (χ3n) is 14.6. The van der Waals surface area contributed by atoms with E-state index in [0.29, 0.717) is 30.6 Å². The van der Waals surface area contributed by atoms with Gasteiger partial charge in [0.2, 0.25) is 0 Å². The molecule has 0 bridgehead atoms. The molecule has 0 N–H and O–H groups in total. The molecule has 17 heteroatoms. The number of ether oxygens (including phenoxy) is 10. The molecule has 79 heavy (non-hydrogen) atoms. The van der Waals surface area contributed by atoms with Crippen LogP contribution in [0.15, 0.2) is 49.2 Å². The van der Waals surface area contributed by atoms with Crippen molar-refractivity contribution in [3.05, 3.63) is 54.8 Å². The maximum absolute atomic E-state index is 15.4. The summed E-state index contributed by atoms with van der Waals surface area (Å²) in [4.78, 5) is 98.1. The second kappa shape index (κ2) is 33.1. The van der Waals surface area contributed by atoms with Gasteiger partial charge in [-0.15, -0.1) is 0 Å². The molecule has 17 nitrogen and oxygen atoms in total. The highest BCUT2D eigenvalue weighted by Gasteiger charge is 2.57. The molecule has 0 aliphatic heterocycles. The normalized spacial score (nSPS) is 16.4. The Morgan fingerprint density at radius 3 is 1.33 bits per heavy atom. The molecular formula is C62H100O17. The van der Waals surface area contributed by atoms with Crippen LogP contribution in [0.4, 0.5) is 0 Å². The van der Waals surface area contributed by atoms with E-state index in [2.05, 4.69) is 13.2 Å². The molecule has 0 aromatic heterocycles. The molecule has 0 fully saturated rings. The van der Waals surface area contributed by atoms with Crippen molar-refractivity contribution >= 4 is 47.0 Å². The largest absolute Gasteiger partial charge is 0.498 e. The van der Waals surface area contributed by atoms with Crippen LogP contribution in [0.1, 0.15) is 166 Å². The molecule has 0 amide bonds. The van der Waals surface area contributed by atoms with E-state index < -0.39 is 81.2 Å². The number of ketones is 2. The van der Waals surface area contributed by atoms with Crippen LogP contribution in [0.5, 0.6) is 0 Å². The van der Waals surface area contributed by atoms with Crippen molar-refractivity contribution in [2.24, 2.45) is 37.9 Å². The lowest BCUT2D eigenvalue weighted by atomic mass is 9.57. The van der Waals surface area contributed by atoms with E-state index in [0.717, 1.165) is 5.56 Å². The lowest BCUT2D eigenvalue weighted by Gasteiger charge is -2.46. The van der Waals surface area contributed by atoms with E-state index in [1.54, 1.807) is 34.6 Å². The van der Waals surface area contributed by atoms with Gasteiger partial charge in [-0.05, 0) is 128 Å². The second-order valence-electron chi connectivity index (χ2n) is 24.8. The van der Waals surface area contributed by atoms with Gasteiger partial charge in [-0.1, -0.05) is 85.0 Å². The topological polar surface area (TPSA) is 212 Å². The quantitative estimate of drug-likeness (QED) is 0.0258. The van der Waals surface area contributed by atoms with Crippen molar-refractivity contribution in [3.8, 4) is 0 Å². The van der Waals surface area contributed by atoms with Gasteiger partial charge >= 0.3 is 29.8 Å². The number of benzene rings is 1. The molecule has 1 rings (SSSR count). The van der Waals surface area contributed by atoms with Crippen molar-refractivity contribution < 1.29 is 80.9 Å². The first-order valence-corrected chi connectivity index (χ1v) is 27.6. The fourth-order valence-corrected chi connectivity index (χ4v) is 10.5. The first-order chi connectivity index (χ1) is 36.6. The maximum atomic E-state index is 15.4. The summed E-state index contributed by atoms with van der Waals surface area (Å²) in [5.74, 6) is -3.38. The minimum atomic E-state index is -1.76. The Bertz CT molecular complexity index is 2150. The number of hydrogen-bond acceptors (Lipinski definition) is 17. The van der Waals surface area contributed by atoms with Crippen LogP contribution in [0, 0.1) is 37.9 Å². The Labute approximate surface area is 473 Å². The zero-order valence-electron chi connectivity index (χ0n) is 51.3. The fourth-order valence-electron chi connectivity index (χ4n) is 10.5. The van der Waals surface area contributed by atoms with Gasteiger partial charge in [0.1, 0.15) is 38.3 Å². The second-order valence-corrected chi connectivity index (χ2v) is 24.8. The van der Waals surface area contributed by atoms with Crippen LogP contribution in [-0.4, -0.2) is 135 Å². The summed E-state index contributed by atoms with van der Waals surface area (Å²) in [7, 11) is 5.78. The van der Waals surface area contributed by atoms with E-state index >= 15 is 14.4 Å². The van der Waals surface area contributed by atoms with Crippen LogP contribution in [0.3, 0.4) is 0 Å². The van der Waals surface area contributed by atoms with E-state index in [1.807, 2.05) is 71.9 Å². The molecule has 0 heterocycles. The average Bonchev–Trinajstić information content (AvgIpc) is 3.37. The standard InChI is InChI=1S/C62H100O17/c1-44(49-24-21-20-22-25-49)38-58(11,48(5)74-30-23-26-50(64)46(3)72-18)40-60(13,54(68)78-35-33-71-17)42-62(15,53(67)76-31-29-56(6,7)8)43-61(14,55(69)79-37-36-75-51(65)47(4)73-19)41-59(12,52(66)77-34-32-70-16)39-57(9,10)28-27-45(2)63/h20-22,24-25,46-47H,1,5,23,26-43H2,2-4,6-19H3. The minimum absolute atomic E-state index is 0.00184. The zero-order chi connectivity index (χ0) is 60.5. The highest BCUT2D eigenvalue weighted by Crippen LogP contribution is 2.55. The molecule has 7 unspecified atom stereocenters. The maximum Gasteiger partial charge on any atom is 0.335 e. The molecule has 1 aromatic rings. The van der Waals surface area contributed by atoms with Crippen molar-refractivity contribution in [1.29, 1.82) is 0 Å². The van der Waals surface area contributed by atoms with Crippen LogP contribution in [0.25, 0.3) is 5.57 Å². The van der Waals surface area contributed by atoms with E-state index in [9.17, 15) is 19.2 Å². The summed E-state index contributed by atoms with van der Waals surface area (Å²) in [6.07, 6.45) is -0.372. The van der Waals surface area contributed by atoms with Crippen LogP contribution in [0.2, 0.25) is 0 Å². The summed E-state index contributed by atoms with van der Waals surface area (Å²) >= 11 is 0. The fraction of sp³-hybridized carbons (Fsp3) is 0.726. The smallest absolute Gasteiger partial charge is 0.335 e. The van der Waals surface area contributed by atoms with Gasteiger partial charge in [-0.3, -0.25) is 24.0 Å². The average molecular weight is 1120 g/mol. The Balaban J connectivity index is 4.41. The molecule has 450 valence electrons. The Morgan fingerprint density at radius 2 is 0.899 bits per heavy atom. The van der Waals surface area contributed by atoms with Crippen molar-refractivity contribution in [2.45, 2.75) is 173 Å². The Kier molecular flexibility index (Phi) is 30.2. The molecule has 0 saturated carbocycles. The van der Waals surface area contributed by atoms with Gasteiger partial charge in [0.15, 0.2) is 11.9 Å². The molecule has 0 aliphatic carbocycles. The molecule has 0 radical (unpaired) electrons. The number of Topliss-reactive ketones (excluding diaryl/α,β-unsaturated/α-hetero) is 2. The van der Waals surface area contributed by atoms with Gasteiger partial charge < -0.3 is 52.2 Å². The van der Waals surface area contributed by atoms with Gasteiger partial charge in [-0.2, -0.15) is 0 Å². The number of carbonyl (C=O) groups excluding carboxylic acids is 7. The molecular weight excluding hydrogens is 1020 g/mol. The summed E-state index contributed by atoms with van der Waals surface area (Å²) < 4.78 is 56.7. The third-order valence-corrected chi connectivity index (χ3v) is 14.6. The number of allylic oxidation sites excluding steroid dienone is 2. The number of rotatable bonds is 41. The summed E-state index contributed by atoms with van der Waals surface area (Å²) in [6, 6.07) is 9.52. The molecule has 0 spiro atoms. The Hall–Kier alpha value is -4.97. The number of methoxy groups -OCH3 is 4. The Morgan fingerprint density at radius 1 is 0.481 bits per heavy atom.